The Bertz CT molecular complexity index is 1120. The summed E-state index contributed by atoms with van der Waals surface area (Å²) in [6.45, 7) is 1.36. The Morgan fingerprint density at radius 3 is 2.54 bits per heavy atom. The maximum Gasteiger partial charge on any atom is 0.417 e. The number of nitrogens with one attached hydrogen (secondary N) is 2. The number of rotatable bonds is 2. The number of aromatic amines is 1. The largest absolute Gasteiger partial charge is 0.417 e. The zero-order valence-corrected chi connectivity index (χ0v) is 14.6. The predicted molar refractivity (Wildman–Crippen MR) is 100 cm³/mol. The van der Waals surface area contributed by atoms with Crippen molar-refractivity contribution in [2.24, 2.45) is 0 Å². The Morgan fingerprint density at radius 1 is 1.00 bits per heavy atom. The summed E-state index contributed by atoms with van der Waals surface area (Å²) in [7, 11) is 0. The molecular weight excluding hydrogens is 371 g/mol. The molecule has 5 nitrogen and oxygen atoms in total. The number of alkyl halides is 3. The Labute approximate surface area is 157 Å². The first-order valence-electron chi connectivity index (χ1n) is 8.69. The number of anilines is 1. The van der Waals surface area contributed by atoms with Crippen LogP contribution >= 0.6 is 0 Å². The van der Waals surface area contributed by atoms with Crippen LogP contribution in [-0.2, 0) is 11.0 Å². The number of H-pyrrole nitrogens is 1. The predicted octanol–water partition coefficient (Wildman–Crippen LogP) is 3.15. The van der Waals surface area contributed by atoms with Crippen molar-refractivity contribution in [3.05, 3.63) is 64.4 Å². The molecule has 1 amide bonds. The van der Waals surface area contributed by atoms with E-state index in [1.165, 1.54) is 24.3 Å². The summed E-state index contributed by atoms with van der Waals surface area (Å²) >= 11 is 0. The molecule has 2 aromatic carbocycles. The van der Waals surface area contributed by atoms with Crippen LogP contribution < -0.4 is 15.8 Å². The minimum Gasteiger partial charge on any atom is -0.321 e. The summed E-state index contributed by atoms with van der Waals surface area (Å²) in [5.41, 5.74) is -0.721. The van der Waals surface area contributed by atoms with Crippen LogP contribution in [0.4, 0.5) is 18.9 Å². The lowest BCUT2D eigenvalue weighted by Gasteiger charge is -2.27. The van der Waals surface area contributed by atoms with E-state index >= 15 is 0 Å². The van der Waals surface area contributed by atoms with E-state index in [1.54, 1.807) is 23.1 Å². The van der Waals surface area contributed by atoms with E-state index in [-0.39, 0.29) is 23.7 Å². The van der Waals surface area contributed by atoms with Crippen LogP contribution in [0.1, 0.15) is 5.56 Å². The monoisotopic (exact) mass is 387 g/mol. The van der Waals surface area contributed by atoms with Gasteiger partial charge in [0.05, 0.1) is 12.1 Å². The summed E-state index contributed by atoms with van der Waals surface area (Å²) in [4.78, 5) is 28.8. The second kappa shape index (κ2) is 6.79. The van der Waals surface area contributed by atoms with Crippen molar-refractivity contribution >= 4 is 22.4 Å². The zero-order chi connectivity index (χ0) is 19.9. The number of aromatic nitrogens is 1. The van der Waals surface area contributed by atoms with Crippen molar-refractivity contribution in [2.75, 3.05) is 24.5 Å². The quantitative estimate of drug-likeness (QED) is 0.710. The van der Waals surface area contributed by atoms with Gasteiger partial charge in [0.2, 0.25) is 5.91 Å². The normalized spacial score (nSPS) is 15.2. The van der Waals surface area contributed by atoms with Gasteiger partial charge in [-0.15, -0.1) is 0 Å². The second-order valence-corrected chi connectivity index (χ2v) is 6.55. The third-order valence-electron chi connectivity index (χ3n) is 4.75. The molecule has 0 spiro atoms. The van der Waals surface area contributed by atoms with Gasteiger partial charge in [0.1, 0.15) is 0 Å². The van der Waals surface area contributed by atoms with E-state index in [2.05, 4.69) is 10.3 Å². The van der Waals surface area contributed by atoms with Gasteiger partial charge in [-0.05, 0) is 29.7 Å². The number of pyridine rings is 1. The first-order chi connectivity index (χ1) is 13.3. The van der Waals surface area contributed by atoms with Crippen molar-refractivity contribution < 1.29 is 18.0 Å². The molecule has 8 heteroatoms. The van der Waals surface area contributed by atoms with E-state index in [0.29, 0.717) is 29.5 Å². The first kappa shape index (κ1) is 18.2. The van der Waals surface area contributed by atoms with Crippen LogP contribution in [0.3, 0.4) is 0 Å². The highest BCUT2D eigenvalue weighted by atomic mass is 19.4. The van der Waals surface area contributed by atoms with Crippen molar-refractivity contribution in [3.63, 3.8) is 0 Å². The molecule has 28 heavy (non-hydrogen) atoms. The third kappa shape index (κ3) is 3.27. The molecule has 4 rings (SSSR count). The van der Waals surface area contributed by atoms with Gasteiger partial charge in [0, 0.05) is 35.4 Å². The average Bonchev–Trinajstić information content (AvgIpc) is 2.67. The Balaban J connectivity index is 1.82. The van der Waals surface area contributed by atoms with Crippen LogP contribution in [0.2, 0.25) is 0 Å². The third-order valence-corrected chi connectivity index (χ3v) is 4.75. The number of halogens is 3. The Kier molecular flexibility index (Phi) is 4.43. The van der Waals surface area contributed by atoms with Crippen LogP contribution in [-0.4, -0.2) is 30.5 Å². The maximum atomic E-state index is 13.3. The van der Waals surface area contributed by atoms with Crippen molar-refractivity contribution in [1.82, 2.24) is 10.3 Å². The molecule has 1 fully saturated rings. The molecule has 1 aliphatic rings. The molecule has 3 aromatic rings. The van der Waals surface area contributed by atoms with Crippen molar-refractivity contribution in [2.45, 2.75) is 6.18 Å². The molecule has 0 atom stereocenters. The molecule has 0 saturated carbocycles. The molecule has 2 N–H and O–H groups in total. The van der Waals surface area contributed by atoms with E-state index in [9.17, 15) is 22.8 Å². The van der Waals surface area contributed by atoms with E-state index in [0.717, 1.165) is 6.07 Å². The fourth-order valence-corrected chi connectivity index (χ4v) is 3.41. The number of fused-ring (bicyclic) bond motifs is 1. The molecule has 144 valence electrons. The number of benzene rings is 2. The first-order valence-corrected chi connectivity index (χ1v) is 8.69. The van der Waals surface area contributed by atoms with E-state index in [4.69, 9.17) is 0 Å². The van der Waals surface area contributed by atoms with Crippen molar-refractivity contribution in [3.8, 4) is 11.3 Å². The highest BCUT2D eigenvalue weighted by Crippen LogP contribution is 2.36. The fourth-order valence-electron chi connectivity index (χ4n) is 3.41. The molecule has 0 unspecified atom stereocenters. The van der Waals surface area contributed by atoms with Gasteiger partial charge < -0.3 is 15.2 Å². The van der Waals surface area contributed by atoms with Gasteiger partial charge in [-0.3, -0.25) is 9.59 Å². The summed E-state index contributed by atoms with van der Waals surface area (Å²) in [5, 5.41) is 3.79. The highest BCUT2D eigenvalue weighted by molar-refractivity contribution is 5.98. The minimum absolute atomic E-state index is 0.0876. The smallest absolute Gasteiger partial charge is 0.321 e. The van der Waals surface area contributed by atoms with Gasteiger partial charge >= 0.3 is 6.18 Å². The summed E-state index contributed by atoms with van der Waals surface area (Å²) in [6.07, 6.45) is -4.53. The molecular formula is C20H16F3N3O2. The number of carbonyl (C=O) groups excluding carboxylic acids is 1. The number of hydrogen-bond donors (Lipinski definition) is 2. The average molecular weight is 387 g/mol. The number of nitrogens with zero attached hydrogens (tertiary/aromatic N) is 1. The molecule has 2 heterocycles. The van der Waals surface area contributed by atoms with Crippen LogP contribution in [0.15, 0.2) is 53.3 Å². The van der Waals surface area contributed by atoms with Gasteiger partial charge in [0.15, 0.2) is 0 Å². The van der Waals surface area contributed by atoms with Crippen LogP contribution in [0.5, 0.6) is 0 Å². The van der Waals surface area contributed by atoms with E-state index in [1.807, 2.05) is 0 Å². The maximum absolute atomic E-state index is 13.3. The second-order valence-electron chi connectivity index (χ2n) is 6.55. The standard InChI is InChI=1S/C20H16F3N3O2/c21-20(22,23)16-4-2-1-3-14(16)17-9-12-5-6-13(10-15(12)19(28)25-17)26-8-7-24-11-18(26)27/h1-6,9-10,24H,7-8,11H2,(H,25,28). The Morgan fingerprint density at radius 2 is 1.79 bits per heavy atom. The Hall–Kier alpha value is -3.13. The van der Waals surface area contributed by atoms with Gasteiger partial charge in [-0.2, -0.15) is 13.2 Å². The van der Waals surface area contributed by atoms with Crippen LogP contribution in [0.25, 0.3) is 22.0 Å². The summed E-state index contributed by atoms with van der Waals surface area (Å²) in [5.74, 6) is -0.0993. The number of hydrogen-bond acceptors (Lipinski definition) is 3. The number of piperazine rings is 1. The van der Waals surface area contributed by atoms with Gasteiger partial charge in [0.25, 0.3) is 5.56 Å². The lowest BCUT2D eigenvalue weighted by atomic mass is 10.0. The SMILES string of the molecule is O=C1CNCCN1c1ccc2cc(-c3ccccc3C(F)(F)F)[nH]c(=O)c2c1. The molecule has 0 bridgehead atoms. The molecule has 1 aliphatic heterocycles. The van der Waals surface area contributed by atoms with E-state index < -0.39 is 17.3 Å². The minimum atomic E-state index is -4.53. The lowest BCUT2D eigenvalue weighted by Crippen LogP contribution is -2.48. The summed E-state index contributed by atoms with van der Waals surface area (Å²) < 4.78 is 39.9. The highest BCUT2D eigenvalue weighted by Gasteiger charge is 2.33. The number of amides is 1. The fraction of sp³-hybridized carbons (Fsp3) is 0.200. The van der Waals surface area contributed by atoms with Gasteiger partial charge in [-0.1, -0.05) is 24.3 Å². The van der Waals surface area contributed by atoms with Crippen molar-refractivity contribution in [1.29, 1.82) is 0 Å². The molecule has 0 radical (unpaired) electrons. The van der Waals surface area contributed by atoms with Gasteiger partial charge in [-0.25, -0.2) is 0 Å². The lowest BCUT2D eigenvalue weighted by molar-refractivity contribution is -0.137. The zero-order valence-electron chi connectivity index (χ0n) is 14.6. The summed E-state index contributed by atoms with van der Waals surface area (Å²) in [6, 6.07) is 11.6. The number of carbonyl (C=O) groups is 1. The molecule has 1 aromatic heterocycles. The van der Waals surface area contributed by atoms with Crippen LogP contribution in [0, 0.1) is 0 Å². The topological polar surface area (TPSA) is 65.2 Å². The molecule has 1 saturated heterocycles. The molecule has 0 aliphatic carbocycles.